The summed E-state index contributed by atoms with van der Waals surface area (Å²) in [4.78, 5) is 10.2. The predicted molar refractivity (Wildman–Crippen MR) is 236 cm³/mol. The summed E-state index contributed by atoms with van der Waals surface area (Å²) in [5.74, 6) is 0.185. The van der Waals surface area contributed by atoms with Gasteiger partial charge in [0, 0.05) is 22.3 Å². The first kappa shape index (κ1) is 33.4. The monoisotopic (exact) mass is 730 g/mol. The van der Waals surface area contributed by atoms with Crippen molar-refractivity contribution < 1.29 is 5.11 Å². The van der Waals surface area contributed by atoms with Crippen molar-refractivity contribution in [1.82, 2.24) is 9.97 Å². The predicted octanol–water partition coefficient (Wildman–Crippen LogP) is 13.4. The molecule has 3 nitrogen and oxygen atoms in total. The Bertz CT molecular complexity index is 3020. The Morgan fingerprint density at radius 3 is 1.63 bits per heavy atom. The maximum atomic E-state index is 11.6. The minimum absolute atomic E-state index is 0.185. The number of benzene rings is 8. The molecule has 0 aliphatic heterocycles. The van der Waals surface area contributed by atoms with E-state index in [1.165, 1.54) is 55.3 Å². The molecule has 0 spiro atoms. The smallest absolute Gasteiger partial charge is 0.0979 e. The normalized spacial score (nSPS) is 16.4. The van der Waals surface area contributed by atoms with Gasteiger partial charge in [0.1, 0.15) is 0 Å². The fourth-order valence-electron chi connectivity index (χ4n) is 9.27. The van der Waals surface area contributed by atoms with Gasteiger partial charge in [-0.25, -0.2) is 4.98 Å². The van der Waals surface area contributed by atoms with Crippen molar-refractivity contribution in [2.75, 3.05) is 0 Å². The van der Waals surface area contributed by atoms with E-state index < -0.39 is 6.10 Å². The van der Waals surface area contributed by atoms with Crippen LogP contribution >= 0.6 is 0 Å². The molecule has 3 heteroatoms. The molecule has 0 fully saturated rings. The minimum Gasteiger partial charge on any atom is -0.388 e. The van der Waals surface area contributed by atoms with Gasteiger partial charge in [0.05, 0.1) is 29.0 Å². The van der Waals surface area contributed by atoms with Gasteiger partial charge in [-0.3, -0.25) is 4.98 Å². The molecule has 2 atom stereocenters. The van der Waals surface area contributed by atoms with Crippen LogP contribution in [0.25, 0.3) is 77.2 Å². The molecule has 8 aromatic carbocycles. The van der Waals surface area contributed by atoms with Gasteiger partial charge in [-0.05, 0) is 79.3 Å². The number of nitrogens with zero attached hydrogens (tertiary/aromatic N) is 2. The molecule has 2 aliphatic carbocycles. The van der Waals surface area contributed by atoms with Crippen molar-refractivity contribution in [2.45, 2.75) is 24.9 Å². The lowest BCUT2D eigenvalue weighted by molar-refractivity contribution is 0.169. The van der Waals surface area contributed by atoms with Gasteiger partial charge in [0.25, 0.3) is 0 Å². The third-order valence-electron chi connectivity index (χ3n) is 12.1. The first-order chi connectivity index (χ1) is 28.2. The Morgan fingerprint density at radius 1 is 0.439 bits per heavy atom. The molecule has 1 N–H and O–H groups in total. The van der Waals surface area contributed by atoms with Crippen molar-refractivity contribution >= 4 is 43.7 Å². The third-order valence-corrected chi connectivity index (χ3v) is 12.1. The maximum absolute atomic E-state index is 11.6. The molecule has 1 heterocycles. The second-order valence-corrected chi connectivity index (χ2v) is 15.4. The number of rotatable bonds is 5. The quantitative estimate of drug-likeness (QED) is 0.179. The Balaban J connectivity index is 0.947. The summed E-state index contributed by atoms with van der Waals surface area (Å²) in [6.45, 7) is 0. The summed E-state index contributed by atoms with van der Waals surface area (Å²) in [6.07, 6.45) is 5.27. The van der Waals surface area contributed by atoms with Crippen LogP contribution in [-0.4, -0.2) is 15.1 Å². The van der Waals surface area contributed by atoms with Crippen molar-refractivity contribution in [3.05, 3.63) is 216 Å². The number of aromatic nitrogens is 2. The standard InChI is InChI=1S/C54H38N2O/c57-52-32-50-47(30-41(35-13-5-2-6-14-35)31-49(50)48-29-40(27-28-44(48)52)34-11-3-1-4-12-34)38-23-19-36(20-24-38)37-21-25-39(26-22-37)51-33-55-53-45-17-9-7-15-42(45)43-16-8-10-18-46(43)54(53)56-51/h1-30,33,49,52,57H,31-32H2. The lowest BCUT2D eigenvalue weighted by Gasteiger charge is -2.37. The number of hydrogen-bond acceptors (Lipinski definition) is 3. The molecule has 0 saturated carbocycles. The second-order valence-electron chi connectivity index (χ2n) is 15.4. The van der Waals surface area contributed by atoms with E-state index in [4.69, 9.17) is 9.97 Å². The van der Waals surface area contributed by atoms with Gasteiger partial charge in [0.2, 0.25) is 0 Å². The summed E-state index contributed by atoms with van der Waals surface area (Å²) < 4.78 is 0. The molecular formula is C54H38N2O. The van der Waals surface area contributed by atoms with Crippen LogP contribution in [0.3, 0.4) is 0 Å². The van der Waals surface area contributed by atoms with Crippen molar-refractivity contribution in [2.24, 2.45) is 0 Å². The van der Waals surface area contributed by atoms with E-state index in [0.717, 1.165) is 56.2 Å². The Kier molecular flexibility index (Phi) is 8.01. The van der Waals surface area contributed by atoms with Crippen LogP contribution in [0.2, 0.25) is 0 Å². The molecular weight excluding hydrogens is 693 g/mol. The number of aliphatic hydroxyl groups excluding tert-OH is 1. The topological polar surface area (TPSA) is 46.0 Å². The van der Waals surface area contributed by atoms with E-state index in [0.29, 0.717) is 6.42 Å². The van der Waals surface area contributed by atoms with E-state index >= 15 is 0 Å². The van der Waals surface area contributed by atoms with Gasteiger partial charge in [-0.2, -0.15) is 0 Å². The molecule has 0 amide bonds. The number of hydrogen-bond donors (Lipinski definition) is 1. The third kappa shape index (κ3) is 5.78. The Morgan fingerprint density at radius 2 is 0.965 bits per heavy atom. The van der Waals surface area contributed by atoms with E-state index in [-0.39, 0.29) is 5.92 Å². The van der Waals surface area contributed by atoms with Crippen LogP contribution in [0.15, 0.2) is 194 Å². The van der Waals surface area contributed by atoms with Crippen LogP contribution in [0.1, 0.15) is 47.1 Å². The van der Waals surface area contributed by atoms with Crippen molar-refractivity contribution in [3.63, 3.8) is 0 Å². The fraction of sp³-hybridized carbons (Fsp3) is 0.0741. The van der Waals surface area contributed by atoms with E-state index in [1.807, 2.05) is 6.20 Å². The van der Waals surface area contributed by atoms with Crippen LogP contribution in [-0.2, 0) is 0 Å². The van der Waals surface area contributed by atoms with Gasteiger partial charge in [0.15, 0.2) is 0 Å². The molecule has 1 aromatic heterocycles. The summed E-state index contributed by atoms with van der Waals surface area (Å²) in [5.41, 5.74) is 17.0. The lowest BCUT2D eigenvalue weighted by Crippen LogP contribution is -2.21. The van der Waals surface area contributed by atoms with Crippen LogP contribution in [0, 0.1) is 0 Å². The van der Waals surface area contributed by atoms with Gasteiger partial charge >= 0.3 is 0 Å². The summed E-state index contributed by atoms with van der Waals surface area (Å²) in [7, 11) is 0. The Labute approximate surface area is 332 Å². The number of fused-ring (bicyclic) bond motifs is 9. The highest BCUT2D eigenvalue weighted by atomic mass is 16.3. The zero-order chi connectivity index (χ0) is 37.9. The van der Waals surface area contributed by atoms with Crippen LogP contribution < -0.4 is 0 Å². The number of allylic oxidation sites excluding steroid dienone is 3. The average molecular weight is 731 g/mol. The summed E-state index contributed by atoms with van der Waals surface area (Å²) >= 11 is 0. The van der Waals surface area contributed by atoms with Crippen molar-refractivity contribution in [1.29, 1.82) is 0 Å². The molecule has 11 rings (SSSR count). The molecule has 270 valence electrons. The fourth-order valence-corrected chi connectivity index (χ4v) is 9.27. The van der Waals surface area contributed by atoms with Gasteiger partial charge < -0.3 is 5.11 Å². The maximum Gasteiger partial charge on any atom is 0.0979 e. The highest BCUT2D eigenvalue weighted by Crippen LogP contribution is 2.52. The van der Waals surface area contributed by atoms with E-state index in [2.05, 4.69) is 182 Å². The highest BCUT2D eigenvalue weighted by molar-refractivity contribution is 6.23. The zero-order valence-electron chi connectivity index (χ0n) is 31.3. The Hall–Kier alpha value is -6.94. The molecule has 0 bridgehead atoms. The molecule has 57 heavy (non-hydrogen) atoms. The minimum atomic E-state index is -0.541. The highest BCUT2D eigenvalue weighted by Gasteiger charge is 2.35. The van der Waals surface area contributed by atoms with Crippen LogP contribution in [0.4, 0.5) is 0 Å². The summed E-state index contributed by atoms with van der Waals surface area (Å²) in [5, 5.41) is 16.2. The molecule has 0 radical (unpaired) electrons. The van der Waals surface area contributed by atoms with Gasteiger partial charge in [-0.15, -0.1) is 0 Å². The molecule has 2 unspecified atom stereocenters. The molecule has 2 aliphatic rings. The lowest BCUT2D eigenvalue weighted by atomic mass is 9.68. The largest absolute Gasteiger partial charge is 0.388 e. The number of aliphatic hydroxyl groups is 1. The average Bonchev–Trinajstić information content (AvgIpc) is 3.29. The SMILES string of the molecule is OC1CC2=C(c3ccc(-c4ccc(-c5cnc6c7ccccc7c7ccccc7c6n5)cc4)cc3)C=C(c3ccccc3)CC2c2cc(-c3ccccc3)ccc21. The van der Waals surface area contributed by atoms with E-state index in [1.54, 1.807) is 0 Å². The van der Waals surface area contributed by atoms with E-state index in [9.17, 15) is 5.11 Å². The zero-order valence-corrected chi connectivity index (χ0v) is 31.3. The van der Waals surface area contributed by atoms with Crippen molar-refractivity contribution in [3.8, 4) is 33.5 Å². The molecule has 9 aromatic rings. The molecule has 0 saturated heterocycles. The second kappa shape index (κ2) is 13.7. The van der Waals surface area contributed by atoms with Gasteiger partial charge in [-0.1, -0.05) is 188 Å². The first-order valence-corrected chi connectivity index (χ1v) is 19.8. The van der Waals surface area contributed by atoms with Crippen LogP contribution in [0.5, 0.6) is 0 Å². The summed E-state index contributed by atoms with van der Waals surface area (Å²) in [6, 6.07) is 62.5. The first-order valence-electron chi connectivity index (χ1n) is 19.8.